The van der Waals surface area contributed by atoms with Gasteiger partial charge in [-0.05, 0) is 213 Å². The van der Waals surface area contributed by atoms with Gasteiger partial charge in [-0.1, -0.05) is 152 Å². The lowest BCUT2D eigenvalue weighted by molar-refractivity contribution is -0.137. The van der Waals surface area contributed by atoms with Gasteiger partial charge in [0.2, 0.25) is 0 Å². The maximum Gasteiger partial charge on any atom is 0.352 e. The maximum atomic E-state index is 14.6. The van der Waals surface area contributed by atoms with E-state index in [0.29, 0.717) is 52.1 Å². The highest BCUT2D eigenvalue weighted by atomic mass is 19.1. The highest BCUT2D eigenvalue weighted by Gasteiger charge is 2.35. The second-order valence-corrected chi connectivity index (χ2v) is 34.4. The topological polar surface area (TPSA) is 339 Å². The lowest BCUT2D eigenvalue weighted by Gasteiger charge is -2.15. The van der Waals surface area contributed by atoms with Crippen LogP contribution in [0.2, 0.25) is 0 Å². The molecule has 3 aliphatic rings. The molecule has 0 bridgehead atoms. The van der Waals surface area contributed by atoms with Crippen molar-refractivity contribution >= 4 is 107 Å². The molecule has 0 saturated heterocycles. The van der Waals surface area contributed by atoms with Crippen LogP contribution in [-0.4, -0.2) is 99.6 Å². The Bertz CT molecular complexity index is 7590. The van der Waals surface area contributed by atoms with Crippen LogP contribution in [0.4, 0.5) is 13.2 Å². The van der Waals surface area contributed by atoms with Crippen molar-refractivity contribution in [2.24, 2.45) is 0 Å². The van der Waals surface area contributed by atoms with Crippen LogP contribution in [0.15, 0.2) is 201 Å². The molecule has 0 unspecified atom stereocenters. The fraction of sp³-hybridized carbons (Fsp3) is 0.190. The van der Waals surface area contributed by atoms with E-state index in [2.05, 4.69) is 141 Å². The van der Waals surface area contributed by atoms with Gasteiger partial charge in [-0.3, -0.25) is 19.1 Å². The lowest BCUT2D eigenvalue weighted by atomic mass is 9.86. The number of fused-ring (bicyclic) bond motifs is 10. The Morgan fingerprint density at radius 2 is 0.836 bits per heavy atom. The second-order valence-electron chi connectivity index (χ2n) is 34.4. The van der Waals surface area contributed by atoms with E-state index < -0.39 is 29.7 Å². The number of Topliss-reactive ketones (excluding diaryl/α,β-unsaturated/α-hetero) is 1. The van der Waals surface area contributed by atoms with E-state index in [9.17, 15) is 57.6 Å². The molecule has 10 aromatic heterocycles. The third-order valence-corrected chi connectivity index (χ3v) is 25.1. The first-order chi connectivity index (χ1) is 61.7. The van der Waals surface area contributed by atoms with Crippen molar-refractivity contribution in [3.8, 4) is 89.5 Å². The number of carbonyl (C=O) groups excluding carboxylic acids is 1. The molecule has 0 atom stereocenters. The first-order valence-electron chi connectivity index (χ1n) is 43.1. The lowest BCUT2D eigenvalue weighted by Crippen LogP contribution is -2.09. The number of carboxylic acid groups (broad SMARTS) is 4. The van der Waals surface area contributed by atoms with Gasteiger partial charge in [-0.15, -0.1) is 0 Å². The molecule has 18 aromatic rings. The van der Waals surface area contributed by atoms with Crippen molar-refractivity contribution in [1.29, 1.82) is 0 Å². The van der Waals surface area contributed by atoms with Gasteiger partial charge < -0.3 is 71.1 Å². The van der Waals surface area contributed by atoms with E-state index in [1.54, 1.807) is 23.1 Å². The molecule has 0 fully saturated rings. The van der Waals surface area contributed by atoms with Gasteiger partial charge in [0.05, 0.1) is 46.8 Å². The molecular weight excluding hydrogens is 1620 g/mol. The zero-order chi connectivity index (χ0) is 89.5. The first kappa shape index (κ1) is 83.6. The standard InChI is InChI=1S/C28H24FN3O3.C27H25FN2O2.C26H23FN2O2.C24H22N4O2/c1-13(2)22-24(16-5-3-7-19-23(16)17-6-4-8-21(33)25(17)31-19)27(28(34)35)32-26(22)18-11-14(29)12-20-15(18)9-10-30-20;1-15(2)25-26(20-8-4-6-16-5-3-7-18(16)20)22(9-10-24(31)32)30-27(25)21-13-17(28)14-23-19(21)11-12-29-23;1-14(2)24-25(19-8-4-6-15-5-3-7-17(15)19)22(13-23(30)31)29-26(24)20-11-16(27)12-21-18(20)9-10-28-21;1-13(2)20-21(16-5-3-7-18-14(16)9-11-26-18)23(24(29)30)27-22(20)17-6-4-8-19-15(17)10-12-28(19)25/h3,5,7,9-13,30-32H,4,6,8H2,1-2H3,(H,34,35);3-4,6-8,11-15,29-30H,5,9-10H2,1-2H3,(H,31,32);3-4,6-12,14,28-29H,5,13H2,1-2H3,(H,30,31);3-13,26-27H,25H2,1-2H3,(H,29,30). The smallest absolute Gasteiger partial charge is 0.352 e. The molecule has 23 heteroatoms. The molecule has 20 nitrogen and oxygen atoms in total. The number of aryl methyl sites for hydroxylation is 2. The van der Waals surface area contributed by atoms with Gasteiger partial charge in [0.15, 0.2) is 5.78 Å². The number of aliphatic carboxylic acids is 2. The second kappa shape index (κ2) is 33.7. The molecule has 3 aliphatic carbocycles. The van der Waals surface area contributed by atoms with E-state index in [1.807, 2.05) is 123 Å². The number of allylic oxidation sites excluding steroid dienone is 2. The number of H-pyrrole nitrogens is 9. The Morgan fingerprint density at radius 1 is 0.414 bits per heavy atom. The van der Waals surface area contributed by atoms with Crippen LogP contribution in [0, 0.1) is 17.5 Å². The predicted molar refractivity (Wildman–Crippen MR) is 502 cm³/mol. The number of carbonyl (C=O) groups is 5. The van der Waals surface area contributed by atoms with Crippen molar-refractivity contribution in [2.75, 3.05) is 5.84 Å². The van der Waals surface area contributed by atoms with E-state index in [1.165, 1.54) is 47.0 Å². The third kappa shape index (κ3) is 14.9. The molecule has 15 N–H and O–H groups in total. The van der Waals surface area contributed by atoms with Crippen molar-refractivity contribution in [3.05, 3.63) is 297 Å². The Kier molecular flexibility index (Phi) is 22.0. The highest BCUT2D eigenvalue weighted by Crippen LogP contribution is 2.51. The van der Waals surface area contributed by atoms with Gasteiger partial charge in [0, 0.05) is 153 Å². The molecular formula is C105H94F3N11O9. The van der Waals surface area contributed by atoms with E-state index >= 15 is 0 Å². The van der Waals surface area contributed by atoms with E-state index in [4.69, 9.17) is 5.84 Å². The molecule has 0 amide bonds. The molecule has 10 heterocycles. The third-order valence-electron chi connectivity index (χ3n) is 25.1. The Balaban J connectivity index is 0.000000115. The summed E-state index contributed by atoms with van der Waals surface area (Å²) in [7, 11) is 0. The largest absolute Gasteiger partial charge is 0.481 e. The molecule has 0 saturated carbocycles. The van der Waals surface area contributed by atoms with Crippen LogP contribution < -0.4 is 5.84 Å². The summed E-state index contributed by atoms with van der Waals surface area (Å²) in [6, 6.07) is 48.7. The number of aromatic carboxylic acids is 2. The Hall–Kier alpha value is -15.3. The van der Waals surface area contributed by atoms with Crippen LogP contribution in [0.3, 0.4) is 0 Å². The van der Waals surface area contributed by atoms with Crippen molar-refractivity contribution in [2.45, 2.75) is 130 Å². The number of nitrogen functional groups attached to an aromatic ring is 1. The van der Waals surface area contributed by atoms with Crippen molar-refractivity contribution < 1.29 is 57.6 Å². The van der Waals surface area contributed by atoms with Gasteiger partial charge in [0.1, 0.15) is 28.8 Å². The summed E-state index contributed by atoms with van der Waals surface area (Å²) in [4.78, 5) is 89.6. The average Bonchev–Trinajstić information content (AvgIpc) is 1.58. The minimum absolute atomic E-state index is 0.0259. The molecule has 0 aliphatic heterocycles. The number of aromatic nitrogens is 10. The number of hydrogen-bond donors (Lipinski definition) is 14. The number of rotatable bonds is 19. The molecule has 644 valence electrons. The van der Waals surface area contributed by atoms with E-state index in [-0.39, 0.29) is 65.3 Å². The number of aromatic amines is 9. The number of benzene rings is 8. The van der Waals surface area contributed by atoms with E-state index in [0.717, 1.165) is 192 Å². The molecule has 128 heavy (non-hydrogen) atoms. The van der Waals surface area contributed by atoms with Crippen LogP contribution >= 0.6 is 0 Å². The zero-order valence-corrected chi connectivity index (χ0v) is 71.7. The maximum absolute atomic E-state index is 14.6. The Labute approximate surface area is 732 Å². The molecule has 0 radical (unpaired) electrons. The number of ketones is 1. The summed E-state index contributed by atoms with van der Waals surface area (Å²) in [5.41, 5.74) is 30.0. The fourth-order valence-corrected chi connectivity index (χ4v) is 19.8. The first-order valence-corrected chi connectivity index (χ1v) is 43.1. The zero-order valence-electron chi connectivity index (χ0n) is 71.7. The monoisotopic (exact) mass is 1710 g/mol. The van der Waals surface area contributed by atoms with Gasteiger partial charge in [-0.25, -0.2) is 22.8 Å². The van der Waals surface area contributed by atoms with Crippen LogP contribution in [0.1, 0.15) is 191 Å². The number of nitrogens with one attached hydrogen (secondary N) is 9. The summed E-state index contributed by atoms with van der Waals surface area (Å²) in [6.07, 6.45) is 21.7. The number of hydrogen-bond acceptors (Lipinski definition) is 6. The van der Waals surface area contributed by atoms with Gasteiger partial charge in [0.25, 0.3) is 0 Å². The number of nitrogens with two attached hydrogens (primary N) is 1. The normalized spacial score (nSPS) is 12.8. The van der Waals surface area contributed by atoms with Gasteiger partial charge in [-0.2, -0.15) is 0 Å². The number of halogens is 3. The van der Waals surface area contributed by atoms with Crippen molar-refractivity contribution in [1.82, 2.24) is 49.5 Å². The van der Waals surface area contributed by atoms with Crippen molar-refractivity contribution in [3.63, 3.8) is 0 Å². The summed E-state index contributed by atoms with van der Waals surface area (Å²) >= 11 is 0. The molecule has 8 aromatic carbocycles. The summed E-state index contributed by atoms with van der Waals surface area (Å²) in [6.45, 7) is 16.6. The van der Waals surface area contributed by atoms with Crippen LogP contribution in [-0.2, 0) is 41.7 Å². The van der Waals surface area contributed by atoms with Crippen LogP contribution in [0.5, 0.6) is 0 Å². The molecule has 0 spiro atoms. The highest BCUT2D eigenvalue weighted by molar-refractivity contribution is 6.13. The quantitative estimate of drug-likeness (QED) is 0.0339. The summed E-state index contributed by atoms with van der Waals surface area (Å²) in [5.74, 6) is 1.57. The minimum atomic E-state index is -1.09. The summed E-state index contributed by atoms with van der Waals surface area (Å²) < 4.78 is 45.2. The summed E-state index contributed by atoms with van der Waals surface area (Å²) in [5, 5.41) is 44.8. The van der Waals surface area contributed by atoms with Crippen LogP contribution in [0.25, 0.3) is 167 Å². The minimum Gasteiger partial charge on any atom is -0.481 e. The fourth-order valence-electron chi connectivity index (χ4n) is 19.8. The molecule has 21 rings (SSSR count). The number of carboxylic acids is 4. The SMILES string of the molecule is CC(C)c1c(-c2cc(F)cc3[nH]ccc23)[nH]c(C(=O)O)c1-c1cccc2[nH]c3c(c12)CCCC3=O.CC(C)c1c(-c2cc(F)cc3[nH]ccc23)[nH]c(CC(=O)O)c1-c1cccc2c1C=CC2.CC(C)c1c(-c2cc(F)cc3[nH]ccc23)[nH]c(CCC(=O)O)c1-c1cccc2c1C=CC2.CC(C)c1c(-c2cccc3c2ccn3N)[nH]c(C(=O)O)c1-c1cccc2[nH]ccc12. The average molecular weight is 1710 g/mol. The Morgan fingerprint density at radius 3 is 1.34 bits per heavy atom. The van der Waals surface area contributed by atoms with Gasteiger partial charge >= 0.3 is 23.9 Å². The number of nitrogens with zero attached hydrogens (tertiary/aromatic N) is 1. The predicted octanol–water partition coefficient (Wildman–Crippen LogP) is 25.1.